The van der Waals surface area contributed by atoms with E-state index in [2.05, 4.69) is 4.98 Å². The molecular formula is C14H15NO3. The molecule has 94 valence electrons. The second kappa shape index (κ2) is 4.64. The van der Waals surface area contributed by atoms with E-state index in [0.717, 1.165) is 0 Å². The first-order valence-electron chi connectivity index (χ1n) is 5.94. The maximum absolute atomic E-state index is 12.2. The molecule has 2 aromatic rings. The fourth-order valence-corrected chi connectivity index (χ4v) is 1.98. The van der Waals surface area contributed by atoms with Crippen LogP contribution in [0.3, 0.4) is 0 Å². The summed E-state index contributed by atoms with van der Waals surface area (Å²) in [7, 11) is 0. The molecular weight excluding hydrogens is 230 g/mol. The number of ketones is 1. The highest BCUT2D eigenvalue weighted by Crippen LogP contribution is 2.25. The Balaban J connectivity index is 2.67. The quantitative estimate of drug-likeness (QED) is 0.813. The number of carbonyl (C=O) groups is 2. The van der Waals surface area contributed by atoms with Crippen molar-refractivity contribution in [1.82, 2.24) is 4.98 Å². The van der Waals surface area contributed by atoms with E-state index >= 15 is 0 Å². The SMILES string of the molecule is CC[C@H](C)C(=O)c1[nH]c2ccccc2c1C(=O)O. The van der Waals surface area contributed by atoms with E-state index in [4.69, 9.17) is 0 Å². The van der Waals surface area contributed by atoms with Gasteiger partial charge in [-0.1, -0.05) is 32.0 Å². The normalized spacial score (nSPS) is 12.6. The van der Waals surface area contributed by atoms with Crippen LogP contribution in [0.25, 0.3) is 10.9 Å². The lowest BCUT2D eigenvalue weighted by atomic mass is 9.98. The van der Waals surface area contributed by atoms with Gasteiger partial charge in [-0.3, -0.25) is 4.79 Å². The molecule has 0 saturated heterocycles. The van der Waals surface area contributed by atoms with Crippen LogP contribution in [0.5, 0.6) is 0 Å². The average molecular weight is 245 g/mol. The van der Waals surface area contributed by atoms with Gasteiger partial charge in [-0.05, 0) is 12.5 Å². The third-order valence-electron chi connectivity index (χ3n) is 3.23. The maximum Gasteiger partial charge on any atom is 0.338 e. The highest BCUT2D eigenvalue weighted by atomic mass is 16.4. The van der Waals surface area contributed by atoms with Crippen LogP contribution in [0.1, 0.15) is 41.1 Å². The van der Waals surface area contributed by atoms with Gasteiger partial charge in [0.05, 0.1) is 11.3 Å². The van der Waals surface area contributed by atoms with Crippen LogP contribution in [-0.4, -0.2) is 21.8 Å². The first-order valence-corrected chi connectivity index (χ1v) is 5.94. The van der Waals surface area contributed by atoms with Crippen LogP contribution in [0, 0.1) is 5.92 Å². The fourth-order valence-electron chi connectivity index (χ4n) is 1.98. The molecule has 0 aliphatic carbocycles. The number of aromatic nitrogens is 1. The van der Waals surface area contributed by atoms with Crippen molar-refractivity contribution in [3.8, 4) is 0 Å². The Labute approximate surface area is 105 Å². The number of carbonyl (C=O) groups excluding carboxylic acids is 1. The number of aromatic carboxylic acids is 1. The summed E-state index contributed by atoms with van der Waals surface area (Å²) in [6, 6.07) is 7.06. The predicted octanol–water partition coefficient (Wildman–Crippen LogP) is 3.09. The maximum atomic E-state index is 12.2. The summed E-state index contributed by atoms with van der Waals surface area (Å²) in [6.45, 7) is 3.71. The highest BCUT2D eigenvalue weighted by molar-refractivity contribution is 6.14. The van der Waals surface area contributed by atoms with E-state index in [9.17, 15) is 14.7 Å². The third-order valence-corrected chi connectivity index (χ3v) is 3.23. The Morgan fingerprint density at radius 3 is 2.61 bits per heavy atom. The number of Topliss-reactive ketones (excluding diaryl/α,β-unsaturated/α-hetero) is 1. The molecule has 2 rings (SSSR count). The Morgan fingerprint density at radius 2 is 2.00 bits per heavy atom. The van der Waals surface area contributed by atoms with Gasteiger partial charge < -0.3 is 10.1 Å². The van der Waals surface area contributed by atoms with Crippen LogP contribution in [-0.2, 0) is 0 Å². The molecule has 1 heterocycles. The van der Waals surface area contributed by atoms with E-state index in [1.807, 2.05) is 13.0 Å². The number of para-hydroxylation sites is 1. The molecule has 0 aliphatic heterocycles. The number of rotatable bonds is 4. The molecule has 1 aromatic heterocycles. The van der Waals surface area contributed by atoms with Crippen LogP contribution in [0.2, 0.25) is 0 Å². The lowest BCUT2D eigenvalue weighted by molar-refractivity contribution is 0.0692. The van der Waals surface area contributed by atoms with Crippen molar-refractivity contribution in [2.24, 2.45) is 5.92 Å². The zero-order valence-corrected chi connectivity index (χ0v) is 10.4. The summed E-state index contributed by atoms with van der Waals surface area (Å²) < 4.78 is 0. The van der Waals surface area contributed by atoms with E-state index < -0.39 is 5.97 Å². The Morgan fingerprint density at radius 1 is 1.33 bits per heavy atom. The zero-order chi connectivity index (χ0) is 13.3. The molecule has 4 nitrogen and oxygen atoms in total. The first-order chi connectivity index (χ1) is 8.56. The molecule has 1 aromatic carbocycles. The molecule has 18 heavy (non-hydrogen) atoms. The van der Waals surface area contributed by atoms with Gasteiger partial charge in [0, 0.05) is 16.8 Å². The van der Waals surface area contributed by atoms with Gasteiger partial charge >= 0.3 is 5.97 Å². The molecule has 0 aliphatic rings. The Kier molecular flexibility index (Phi) is 3.19. The monoisotopic (exact) mass is 245 g/mol. The number of carboxylic acids is 1. The van der Waals surface area contributed by atoms with Crippen LogP contribution in [0.15, 0.2) is 24.3 Å². The smallest absolute Gasteiger partial charge is 0.338 e. The Bertz CT molecular complexity index is 613. The lowest BCUT2D eigenvalue weighted by Gasteiger charge is -2.06. The van der Waals surface area contributed by atoms with Crippen molar-refractivity contribution in [2.45, 2.75) is 20.3 Å². The number of hydrogen-bond donors (Lipinski definition) is 2. The highest BCUT2D eigenvalue weighted by Gasteiger charge is 2.24. The predicted molar refractivity (Wildman–Crippen MR) is 69.0 cm³/mol. The minimum Gasteiger partial charge on any atom is -0.478 e. The molecule has 4 heteroatoms. The van der Waals surface area contributed by atoms with Crippen LogP contribution in [0.4, 0.5) is 0 Å². The minimum absolute atomic E-state index is 0.0795. The first kappa shape index (κ1) is 12.4. The summed E-state index contributed by atoms with van der Waals surface area (Å²) in [6.07, 6.45) is 0.688. The Hall–Kier alpha value is -2.10. The van der Waals surface area contributed by atoms with Gasteiger partial charge in [0.2, 0.25) is 0 Å². The molecule has 0 radical (unpaired) electrons. The standard InChI is InChI=1S/C14H15NO3/c1-3-8(2)13(16)12-11(14(17)18)9-6-4-5-7-10(9)15-12/h4-8,15H,3H2,1-2H3,(H,17,18)/t8-/m0/s1. The largest absolute Gasteiger partial charge is 0.478 e. The number of hydrogen-bond acceptors (Lipinski definition) is 2. The second-order valence-electron chi connectivity index (χ2n) is 4.40. The van der Waals surface area contributed by atoms with E-state index in [-0.39, 0.29) is 23.0 Å². The molecule has 0 bridgehead atoms. The van der Waals surface area contributed by atoms with Crippen molar-refractivity contribution in [3.05, 3.63) is 35.5 Å². The van der Waals surface area contributed by atoms with Crippen molar-refractivity contribution in [1.29, 1.82) is 0 Å². The molecule has 0 saturated carbocycles. The van der Waals surface area contributed by atoms with E-state index in [1.54, 1.807) is 25.1 Å². The van der Waals surface area contributed by atoms with Gasteiger partial charge in [0.25, 0.3) is 0 Å². The number of nitrogens with one attached hydrogen (secondary N) is 1. The number of fused-ring (bicyclic) bond motifs is 1. The number of aromatic amines is 1. The van der Waals surface area contributed by atoms with Gasteiger partial charge in [-0.2, -0.15) is 0 Å². The van der Waals surface area contributed by atoms with Gasteiger partial charge in [0.1, 0.15) is 0 Å². The van der Waals surface area contributed by atoms with Crippen LogP contribution >= 0.6 is 0 Å². The second-order valence-corrected chi connectivity index (χ2v) is 4.40. The molecule has 0 spiro atoms. The number of carboxylic acid groups (broad SMARTS) is 1. The number of benzene rings is 1. The fraction of sp³-hybridized carbons (Fsp3) is 0.286. The van der Waals surface area contributed by atoms with E-state index in [0.29, 0.717) is 17.3 Å². The summed E-state index contributed by atoms with van der Waals surface area (Å²) >= 11 is 0. The van der Waals surface area contributed by atoms with Crippen molar-refractivity contribution in [2.75, 3.05) is 0 Å². The average Bonchev–Trinajstić information content (AvgIpc) is 2.76. The van der Waals surface area contributed by atoms with Gasteiger partial charge in [-0.15, -0.1) is 0 Å². The summed E-state index contributed by atoms with van der Waals surface area (Å²) in [5.74, 6) is -1.40. The lowest BCUT2D eigenvalue weighted by Crippen LogP contribution is -2.14. The molecule has 1 atom stereocenters. The zero-order valence-electron chi connectivity index (χ0n) is 10.4. The molecule has 0 fully saturated rings. The minimum atomic E-state index is -1.07. The topological polar surface area (TPSA) is 70.2 Å². The van der Waals surface area contributed by atoms with E-state index in [1.165, 1.54) is 0 Å². The summed E-state index contributed by atoms with van der Waals surface area (Å²) in [4.78, 5) is 26.4. The molecule has 0 unspecified atom stereocenters. The van der Waals surface area contributed by atoms with Crippen molar-refractivity contribution < 1.29 is 14.7 Å². The summed E-state index contributed by atoms with van der Waals surface area (Å²) in [5, 5.41) is 9.86. The molecule has 0 amide bonds. The molecule has 2 N–H and O–H groups in total. The van der Waals surface area contributed by atoms with Crippen molar-refractivity contribution >= 4 is 22.7 Å². The van der Waals surface area contributed by atoms with Gasteiger partial charge in [-0.25, -0.2) is 4.79 Å². The van der Waals surface area contributed by atoms with Crippen LogP contribution < -0.4 is 0 Å². The third kappa shape index (κ3) is 1.90. The van der Waals surface area contributed by atoms with Crippen molar-refractivity contribution in [3.63, 3.8) is 0 Å². The summed E-state index contributed by atoms with van der Waals surface area (Å²) in [5.41, 5.74) is 0.968. The van der Waals surface area contributed by atoms with Gasteiger partial charge in [0.15, 0.2) is 5.78 Å². The number of H-pyrrole nitrogens is 1.